The van der Waals surface area contributed by atoms with Gasteiger partial charge in [-0.3, -0.25) is 9.59 Å². The van der Waals surface area contributed by atoms with Gasteiger partial charge in [0.15, 0.2) is 11.5 Å². The van der Waals surface area contributed by atoms with Gasteiger partial charge < -0.3 is 19.7 Å². The highest BCUT2D eigenvalue weighted by Gasteiger charge is 2.17. The van der Waals surface area contributed by atoms with Crippen molar-refractivity contribution < 1.29 is 19.1 Å². The number of nitrogens with one attached hydrogen (secondary N) is 1. The van der Waals surface area contributed by atoms with Gasteiger partial charge in [0.1, 0.15) is 0 Å². The van der Waals surface area contributed by atoms with Crippen LogP contribution in [0.5, 0.6) is 11.5 Å². The zero-order valence-electron chi connectivity index (χ0n) is 12.5. The second-order valence-corrected chi connectivity index (χ2v) is 5.41. The van der Waals surface area contributed by atoms with Crippen molar-refractivity contribution in [1.82, 2.24) is 4.90 Å². The summed E-state index contributed by atoms with van der Waals surface area (Å²) >= 11 is 0. The molecule has 0 fully saturated rings. The van der Waals surface area contributed by atoms with Crippen LogP contribution >= 0.6 is 0 Å². The van der Waals surface area contributed by atoms with Gasteiger partial charge in [-0.2, -0.15) is 0 Å². The van der Waals surface area contributed by atoms with E-state index in [1.807, 2.05) is 13.8 Å². The number of nitrogens with zero attached hydrogens (tertiary/aromatic N) is 1. The lowest BCUT2D eigenvalue weighted by atomic mass is 10.2. The smallest absolute Gasteiger partial charge is 0.243 e. The number of ether oxygens (including phenoxy) is 2. The van der Waals surface area contributed by atoms with Crippen molar-refractivity contribution in [2.24, 2.45) is 5.92 Å². The number of anilines is 1. The van der Waals surface area contributed by atoms with E-state index < -0.39 is 0 Å². The molecular formula is C15H20N2O4. The Balaban J connectivity index is 1.96. The van der Waals surface area contributed by atoms with Crippen molar-refractivity contribution in [3.05, 3.63) is 18.2 Å². The zero-order valence-corrected chi connectivity index (χ0v) is 12.5. The molecule has 0 unspecified atom stereocenters. The van der Waals surface area contributed by atoms with E-state index in [0.29, 0.717) is 29.6 Å². The maximum absolute atomic E-state index is 12.0. The summed E-state index contributed by atoms with van der Waals surface area (Å²) in [6, 6.07) is 5.20. The topological polar surface area (TPSA) is 67.9 Å². The van der Waals surface area contributed by atoms with E-state index in [0.717, 1.165) is 0 Å². The Kier molecular flexibility index (Phi) is 4.67. The molecule has 0 bridgehead atoms. The Hall–Kier alpha value is -2.24. The third-order valence-electron chi connectivity index (χ3n) is 3.02. The highest BCUT2D eigenvalue weighted by Crippen LogP contribution is 2.34. The van der Waals surface area contributed by atoms with Gasteiger partial charge in [0.05, 0.1) is 6.54 Å². The van der Waals surface area contributed by atoms with Crippen LogP contribution in [0.15, 0.2) is 18.2 Å². The summed E-state index contributed by atoms with van der Waals surface area (Å²) in [5.74, 6) is 1.25. The molecular weight excluding hydrogens is 272 g/mol. The van der Waals surface area contributed by atoms with E-state index in [1.54, 1.807) is 18.2 Å². The van der Waals surface area contributed by atoms with Crippen molar-refractivity contribution in [2.75, 3.05) is 25.2 Å². The first-order valence-electron chi connectivity index (χ1n) is 6.90. The minimum Gasteiger partial charge on any atom is -0.454 e. The summed E-state index contributed by atoms with van der Waals surface area (Å²) in [5.41, 5.74) is 0.622. The SMILES string of the molecule is CC(=O)N(CC(=O)Nc1ccc2c(c1)OCO2)CC(C)C. The Bertz CT molecular complexity index is 542. The molecule has 2 rings (SSSR count). The molecule has 6 nitrogen and oxygen atoms in total. The van der Waals surface area contributed by atoms with Crippen LogP contribution in [0.4, 0.5) is 5.69 Å². The molecule has 0 radical (unpaired) electrons. The quantitative estimate of drug-likeness (QED) is 0.899. The number of hydrogen-bond acceptors (Lipinski definition) is 4. The van der Waals surface area contributed by atoms with Crippen LogP contribution in [0.2, 0.25) is 0 Å². The van der Waals surface area contributed by atoms with E-state index in [-0.39, 0.29) is 25.2 Å². The van der Waals surface area contributed by atoms with Gasteiger partial charge in [-0.15, -0.1) is 0 Å². The second-order valence-electron chi connectivity index (χ2n) is 5.41. The summed E-state index contributed by atoms with van der Waals surface area (Å²) in [7, 11) is 0. The largest absolute Gasteiger partial charge is 0.454 e. The van der Waals surface area contributed by atoms with Gasteiger partial charge in [0, 0.05) is 25.2 Å². The maximum atomic E-state index is 12.0. The Morgan fingerprint density at radius 1 is 1.29 bits per heavy atom. The first kappa shape index (κ1) is 15.2. The van der Waals surface area contributed by atoms with E-state index >= 15 is 0 Å². The molecule has 1 aromatic carbocycles. The molecule has 6 heteroatoms. The van der Waals surface area contributed by atoms with Crippen LogP contribution in [-0.2, 0) is 9.59 Å². The highest BCUT2D eigenvalue weighted by molar-refractivity contribution is 5.94. The fourth-order valence-corrected chi connectivity index (χ4v) is 2.09. The monoisotopic (exact) mass is 292 g/mol. The molecule has 0 aromatic heterocycles. The first-order chi connectivity index (χ1) is 9.95. The minimum atomic E-state index is -0.232. The van der Waals surface area contributed by atoms with E-state index in [1.165, 1.54) is 11.8 Å². The molecule has 1 aromatic rings. The minimum absolute atomic E-state index is 0.0436. The summed E-state index contributed by atoms with van der Waals surface area (Å²) in [6.45, 7) is 6.28. The summed E-state index contributed by atoms with van der Waals surface area (Å²) in [5, 5.41) is 2.76. The van der Waals surface area contributed by atoms with Crippen LogP contribution < -0.4 is 14.8 Å². The number of rotatable bonds is 5. The molecule has 0 spiro atoms. The number of carbonyl (C=O) groups is 2. The summed E-state index contributed by atoms with van der Waals surface area (Å²) < 4.78 is 10.5. The lowest BCUT2D eigenvalue weighted by Gasteiger charge is -2.22. The Labute approximate surface area is 124 Å². The third kappa shape index (κ3) is 4.11. The molecule has 1 aliphatic heterocycles. The number of carbonyl (C=O) groups excluding carboxylic acids is 2. The number of hydrogen-bond donors (Lipinski definition) is 1. The number of amides is 2. The average molecular weight is 292 g/mol. The molecule has 1 heterocycles. The van der Waals surface area contributed by atoms with Gasteiger partial charge in [0.25, 0.3) is 0 Å². The van der Waals surface area contributed by atoms with Gasteiger partial charge in [-0.05, 0) is 18.1 Å². The zero-order chi connectivity index (χ0) is 15.4. The standard InChI is InChI=1S/C15H20N2O4/c1-10(2)7-17(11(3)18)8-15(19)16-12-4-5-13-14(6-12)21-9-20-13/h4-6,10H,7-9H2,1-3H3,(H,16,19). The van der Waals surface area contributed by atoms with Crippen LogP contribution in [0.3, 0.4) is 0 Å². The Morgan fingerprint density at radius 2 is 2.00 bits per heavy atom. The van der Waals surface area contributed by atoms with Crippen LogP contribution in [-0.4, -0.2) is 36.6 Å². The van der Waals surface area contributed by atoms with E-state index in [4.69, 9.17) is 9.47 Å². The predicted molar refractivity (Wildman–Crippen MR) is 78.3 cm³/mol. The molecule has 0 saturated carbocycles. The van der Waals surface area contributed by atoms with Crippen molar-refractivity contribution in [1.29, 1.82) is 0 Å². The molecule has 21 heavy (non-hydrogen) atoms. The van der Waals surface area contributed by atoms with Gasteiger partial charge in [0.2, 0.25) is 18.6 Å². The predicted octanol–water partition coefficient (Wildman–Crippen LogP) is 1.86. The molecule has 0 saturated heterocycles. The third-order valence-corrected chi connectivity index (χ3v) is 3.02. The molecule has 1 aliphatic rings. The summed E-state index contributed by atoms with van der Waals surface area (Å²) in [4.78, 5) is 25.1. The molecule has 0 aliphatic carbocycles. The fourth-order valence-electron chi connectivity index (χ4n) is 2.09. The maximum Gasteiger partial charge on any atom is 0.243 e. The lowest BCUT2D eigenvalue weighted by molar-refractivity contribution is -0.133. The van der Waals surface area contributed by atoms with Crippen molar-refractivity contribution in [2.45, 2.75) is 20.8 Å². The van der Waals surface area contributed by atoms with Gasteiger partial charge in [-0.1, -0.05) is 13.8 Å². The van der Waals surface area contributed by atoms with Crippen molar-refractivity contribution in [3.63, 3.8) is 0 Å². The lowest BCUT2D eigenvalue weighted by Crippen LogP contribution is -2.38. The number of fused-ring (bicyclic) bond motifs is 1. The number of benzene rings is 1. The van der Waals surface area contributed by atoms with Crippen LogP contribution in [0.25, 0.3) is 0 Å². The van der Waals surface area contributed by atoms with Crippen molar-refractivity contribution >= 4 is 17.5 Å². The van der Waals surface area contributed by atoms with Gasteiger partial charge >= 0.3 is 0 Å². The molecule has 1 N–H and O–H groups in total. The highest BCUT2D eigenvalue weighted by atomic mass is 16.7. The normalized spacial score (nSPS) is 12.4. The van der Waals surface area contributed by atoms with Crippen LogP contribution in [0, 0.1) is 5.92 Å². The Morgan fingerprint density at radius 3 is 2.67 bits per heavy atom. The van der Waals surface area contributed by atoms with Crippen LogP contribution in [0.1, 0.15) is 20.8 Å². The summed E-state index contributed by atoms with van der Waals surface area (Å²) in [6.07, 6.45) is 0. The molecule has 0 atom stereocenters. The fraction of sp³-hybridized carbons (Fsp3) is 0.467. The van der Waals surface area contributed by atoms with Gasteiger partial charge in [-0.25, -0.2) is 0 Å². The molecule has 2 amide bonds. The van der Waals surface area contributed by atoms with Crippen molar-refractivity contribution in [3.8, 4) is 11.5 Å². The van der Waals surface area contributed by atoms with E-state index in [2.05, 4.69) is 5.32 Å². The second kappa shape index (κ2) is 6.47. The first-order valence-corrected chi connectivity index (χ1v) is 6.90. The van der Waals surface area contributed by atoms with E-state index in [9.17, 15) is 9.59 Å². The molecule has 114 valence electrons. The average Bonchev–Trinajstić information content (AvgIpc) is 2.84.